The van der Waals surface area contributed by atoms with Gasteiger partial charge in [-0.3, -0.25) is 0 Å². The predicted molar refractivity (Wildman–Crippen MR) is 146 cm³/mol. The molecule has 0 spiro atoms. The number of alkyl carbamates (subject to hydrolysis) is 1. The molecule has 1 aliphatic rings. The molecule has 3 N–H and O–H groups in total. The van der Waals surface area contributed by atoms with Gasteiger partial charge < -0.3 is 25.0 Å². The van der Waals surface area contributed by atoms with E-state index in [1.807, 2.05) is 22.5 Å². The number of alkyl halides is 3. The maximum absolute atomic E-state index is 13.1. The fourth-order valence-electron chi connectivity index (χ4n) is 4.62. The molecule has 4 rings (SSSR count). The van der Waals surface area contributed by atoms with Crippen LogP contribution in [-0.2, 0) is 15.7 Å². The van der Waals surface area contributed by atoms with E-state index >= 15 is 0 Å². The van der Waals surface area contributed by atoms with Crippen LogP contribution in [0.4, 0.5) is 29.3 Å². The number of amides is 1. The summed E-state index contributed by atoms with van der Waals surface area (Å²) in [5.74, 6) is 0. The summed E-state index contributed by atoms with van der Waals surface area (Å²) < 4.78 is 44.7. The average molecular weight is 576 g/mol. The Morgan fingerprint density at radius 3 is 2.33 bits per heavy atom. The molecule has 212 valence electrons. The van der Waals surface area contributed by atoms with Crippen LogP contribution in [-0.4, -0.2) is 29.7 Å². The van der Waals surface area contributed by atoms with Gasteiger partial charge in [-0.15, -0.1) is 0 Å². The van der Waals surface area contributed by atoms with Gasteiger partial charge in [-0.25, -0.2) is 4.79 Å². The van der Waals surface area contributed by atoms with Crippen molar-refractivity contribution in [3.05, 3.63) is 82.4 Å². The highest BCUT2D eigenvalue weighted by molar-refractivity contribution is 6.31. The fourth-order valence-corrected chi connectivity index (χ4v) is 4.91. The van der Waals surface area contributed by atoms with E-state index in [2.05, 4.69) is 5.32 Å². The van der Waals surface area contributed by atoms with Gasteiger partial charge in [-0.2, -0.15) is 18.7 Å². The lowest BCUT2D eigenvalue weighted by molar-refractivity contribution is -0.137. The molecule has 40 heavy (non-hydrogen) atoms. The molecule has 1 amide bonds. The maximum Gasteiger partial charge on any atom is 0.416 e. The van der Waals surface area contributed by atoms with E-state index in [0.717, 1.165) is 29.1 Å². The fraction of sp³-hybridized carbons (Fsp3) is 0.310. The van der Waals surface area contributed by atoms with Gasteiger partial charge in [0.15, 0.2) is 0 Å². The first-order valence-electron chi connectivity index (χ1n) is 12.5. The first kappa shape index (κ1) is 29.4. The van der Waals surface area contributed by atoms with Gasteiger partial charge in [-0.05, 0) is 85.8 Å². The minimum Gasteiger partial charge on any atom is -0.444 e. The Morgan fingerprint density at radius 2 is 1.75 bits per heavy atom. The highest BCUT2D eigenvalue weighted by atomic mass is 35.5. The summed E-state index contributed by atoms with van der Waals surface area (Å²) in [6.07, 6.45) is -3.99. The Bertz CT molecular complexity index is 1390. The van der Waals surface area contributed by atoms with Crippen molar-refractivity contribution < 1.29 is 32.7 Å². The van der Waals surface area contributed by atoms with Gasteiger partial charge in [0.1, 0.15) is 17.9 Å². The van der Waals surface area contributed by atoms with Crippen molar-refractivity contribution in [1.82, 2.24) is 10.8 Å². The van der Waals surface area contributed by atoms with Gasteiger partial charge >= 0.3 is 12.3 Å². The molecule has 1 heterocycles. The molecule has 2 atom stereocenters. The van der Waals surface area contributed by atoms with E-state index in [-0.39, 0.29) is 5.02 Å². The normalized spacial score (nSPS) is 16.2. The van der Waals surface area contributed by atoms with Gasteiger partial charge in [0.2, 0.25) is 0 Å². The van der Waals surface area contributed by atoms with Crippen molar-refractivity contribution in [2.45, 2.75) is 51.1 Å². The van der Waals surface area contributed by atoms with E-state index in [9.17, 15) is 28.0 Å². The van der Waals surface area contributed by atoms with Crippen LogP contribution in [0.5, 0.6) is 0 Å². The monoisotopic (exact) mass is 575 g/mol. The number of anilines is 2. The lowest BCUT2D eigenvalue weighted by Gasteiger charge is -2.37. The molecule has 3 aromatic rings. The maximum atomic E-state index is 13.1. The smallest absolute Gasteiger partial charge is 0.416 e. The first-order valence-corrected chi connectivity index (χ1v) is 12.9. The topological polar surface area (TPSA) is 90.9 Å². The summed E-state index contributed by atoms with van der Waals surface area (Å²) in [5, 5.41) is 12.4. The number of aldehydes is 1. The SMILES string of the molecule is CC(C)(C)OC(=O)NC1CCN(c2ccc(C(C=O)NO)c(Cl)c2)c2ccc(-c3ccc(C(F)(F)F)cc3)cc21. The molecule has 11 heteroatoms. The van der Waals surface area contributed by atoms with Crippen molar-refractivity contribution >= 4 is 35.4 Å². The van der Waals surface area contributed by atoms with E-state index in [4.69, 9.17) is 16.3 Å². The Hall–Kier alpha value is -3.60. The molecule has 0 aliphatic carbocycles. The molecule has 0 saturated carbocycles. The van der Waals surface area contributed by atoms with Crippen molar-refractivity contribution in [2.75, 3.05) is 11.4 Å². The molecule has 0 bridgehead atoms. The van der Waals surface area contributed by atoms with Crippen LogP contribution < -0.4 is 15.7 Å². The van der Waals surface area contributed by atoms with E-state index in [0.29, 0.717) is 35.9 Å². The second-order valence-corrected chi connectivity index (χ2v) is 10.8. The van der Waals surface area contributed by atoms with Crippen molar-refractivity contribution in [2.24, 2.45) is 0 Å². The van der Waals surface area contributed by atoms with Crippen LogP contribution in [0, 0.1) is 0 Å². The van der Waals surface area contributed by atoms with E-state index < -0.39 is 35.5 Å². The van der Waals surface area contributed by atoms with Gasteiger partial charge in [0.25, 0.3) is 0 Å². The molecular formula is C29H29ClF3N3O4. The van der Waals surface area contributed by atoms with E-state index in [1.165, 1.54) is 12.1 Å². The van der Waals surface area contributed by atoms with Gasteiger partial charge in [0.05, 0.1) is 11.6 Å². The quantitative estimate of drug-likeness (QED) is 0.210. The molecule has 7 nitrogen and oxygen atoms in total. The predicted octanol–water partition coefficient (Wildman–Crippen LogP) is 7.35. The number of carbonyl (C=O) groups is 2. The summed E-state index contributed by atoms with van der Waals surface area (Å²) in [7, 11) is 0. The number of benzene rings is 3. The molecular weight excluding hydrogens is 547 g/mol. The molecule has 3 aromatic carbocycles. The number of ether oxygens (including phenoxy) is 1. The van der Waals surface area contributed by atoms with Crippen LogP contribution in [0.15, 0.2) is 60.7 Å². The first-order chi connectivity index (χ1) is 18.8. The minimum absolute atomic E-state index is 0.271. The van der Waals surface area contributed by atoms with Crippen LogP contribution >= 0.6 is 11.6 Å². The van der Waals surface area contributed by atoms with Crippen molar-refractivity contribution in [3.8, 4) is 11.1 Å². The highest BCUT2D eigenvalue weighted by Gasteiger charge is 2.31. The van der Waals surface area contributed by atoms with Gasteiger partial charge in [-0.1, -0.05) is 35.9 Å². The Labute approximate surface area is 234 Å². The summed E-state index contributed by atoms with van der Waals surface area (Å²) in [6.45, 7) is 5.79. The molecule has 2 unspecified atom stereocenters. The summed E-state index contributed by atoms with van der Waals surface area (Å²) in [6, 6.07) is 14.1. The zero-order chi connectivity index (χ0) is 29.2. The Kier molecular flexibility index (Phi) is 8.44. The number of nitrogens with one attached hydrogen (secondary N) is 2. The number of carbonyl (C=O) groups excluding carboxylic acids is 2. The average Bonchev–Trinajstić information content (AvgIpc) is 2.88. The summed E-state index contributed by atoms with van der Waals surface area (Å²) in [5.41, 5.74) is 4.39. The van der Waals surface area contributed by atoms with Crippen molar-refractivity contribution in [1.29, 1.82) is 0 Å². The summed E-state index contributed by atoms with van der Waals surface area (Å²) in [4.78, 5) is 25.9. The van der Waals surface area contributed by atoms with Crippen LogP contribution in [0.2, 0.25) is 5.02 Å². The number of hydroxylamine groups is 1. The van der Waals surface area contributed by atoms with Gasteiger partial charge in [0, 0.05) is 22.9 Å². The number of halogens is 4. The standard InChI is InChI=1S/C29H29ClF3N3O4/c1-28(2,3)40-27(38)34-24-12-13-36(20-9-10-21(23(30)15-20)25(16-37)35-39)26-11-6-18(14-22(24)26)17-4-7-19(8-5-17)29(31,32)33/h4-11,14-16,24-25,35,39H,12-13H2,1-3H3,(H,34,38). The van der Waals surface area contributed by atoms with Crippen LogP contribution in [0.25, 0.3) is 11.1 Å². The third kappa shape index (κ3) is 6.57. The highest BCUT2D eigenvalue weighted by Crippen LogP contribution is 2.42. The number of fused-ring (bicyclic) bond motifs is 1. The summed E-state index contributed by atoms with van der Waals surface area (Å²) >= 11 is 6.45. The second kappa shape index (κ2) is 11.5. The number of hydrogen-bond acceptors (Lipinski definition) is 6. The number of rotatable bonds is 6. The Balaban J connectivity index is 1.73. The van der Waals surface area contributed by atoms with E-state index in [1.54, 1.807) is 45.0 Å². The molecule has 0 saturated heterocycles. The van der Waals surface area contributed by atoms with Crippen LogP contribution in [0.1, 0.15) is 56.0 Å². The zero-order valence-corrected chi connectivity index (χ0v) is 22.8. The lowest BCUT2D eigenvalue weighted by atomic mass is 9.91. The largest absolute Gasteiger partial charge is 0.444 e. The molecule has 0 fully saturated rings. The van der Waals surface area contributed by atoms with Crippen molar-refractivity contribution in [3.63, 3.8) is 0 Å². The number of nitrogens with zero attached hydrogens (tertiary/aromatic N) is 1. The third-order valence-electron chi connectivity index (χ3n) is 6.48. The number of hydrogen-bond donors (Lipinski definition) is 3. The molecule has 0 radical (unpaired) electrons. The minimum atomic E-state index is -4.44. The lowest BCUT2D eigenvalue weighted by Crippen LogP contribution is -2.39. The molecule has 0 aromatic heterocycles. The Morgan fingerprint density at radius 1 is 1.07 bits per heavy atom. The zero-order valence-electron chi connectivity index (χ0n) is 22.1. The van der Waals surface area contributed by atoms with Crippen LogP contribution in [0.3, 0.4) is 0 Å². The molecule has 1 aliphatic heterocycles. The third-order valence-corrected chi connectivity index (χ3v) is 6.80. The second-order valence-electron chi connectivity index (χ2n) is 10.4.